The number of hydrogen-bond acceptors (Lipinski definition) is 2. The van der Waals surface area contributed by atoms with Crippen LogP contribution in [-0.4, -0.2) is 23.8 Å². The Morgan fingerprint density at radius 2 is 2.11 bits per heavy atom. The molecular weight excluding hydrogens is 138 g/mol. The van der Waals surface area contributed by atoms with Gasteiger partial charge in [-0.3, -0.25) is 0 Å². The van der Waals surface area contributed by atoms with Crippen LogP contribution in [-0.2, 0) is 0 Å². The van der Waals surface area contributed by atoms with Crippen molar-refractivity contribution in [2.45, 2.75) is 31.9 Å². The molecule has 0 aromatic rings. The molecule has 2 N–H and O–H groups in total. The second-order valence-corrected chi connectivity index (χ2v) is 2.54. The second-order valence-electron chi connectivity index (χ2n) is 2.54. The summed E-state index contributed by atoms with van der Waals surface area (Å²) < 4.78 is 0. The molecule has 0 aliphatic carbocycles. The number of halogens is 1. The molecule has 1 saturated heterocycles. The molecule has 2 nitrogen and oxygen atoms in total. The third-order valence-corrected chi connectivity index (χ3v) is 1.63. The fraction of sp³-hybridized carbons (Fsp3) is 1.00. The Morgan fingerprint density at radius 3 is 2.44 bits per heavy atom. The molecule has 0 amide bonds. The fourth-order valence-electron chi connectivity index (χ4n) is 0.984. The molecule has 3 heteroatoms. The summed E-state index contributed by atoms with van der Waals surface area (Å²) in [4.78, 5) is 0. The van der Waals surface area contributed by atoms with E-state index < -0.39 is 0 Å². The predicted octanol–water partition coefficient (Wildman–Crippen LogP) is 0.541. The van der Waals surface area contributed by atoms with E-state index in [-0.39, 0.29) is 18.5 Å². The van der Waals surface area contributed by atoms with Crippen molar-refractivity contribution < 1.29 is 5.11 Å². The van der Waals surface area contributed by atoms with Crippen LogP contribution in [0.15, 0.2) is 0 Å². The van der Waals surface area contributed by atoms with Gasteiger partial charge in [0.05, 0.1) is 6.10 Å². The van der Waals surface area contributed by atoms with Gasteiger partial charge < -0.3 is 10.4 Å². The molecule has 1 aliphatic rings. The highest BCUT2D eigenvalue weighted by atomic mass is 35.5. The Labute approximate surface area is 62.1 Å². The molecular formula is C6H14ClNO. The van der Waals surface area contributed by atoms with Gasteiger partial charge in [-0.05, 0) is 19.8 Å². The lowest BCUT2D eigenvalue weighted by atomic mass is 10.0. The van der Waals surface area contributed by atoms with E-state index in [1.165, 1.54) is 0 Å². The van der Waals surface area contributed by atoms with Crippen LogP contribution in [0.2, 0.25) is 0 Å². The van der Waals surface area contributed by atoms with Crippen molar-refractivity contribution in [2.75, 3.05) is 6.54 Å². The van der Waals surface area contributed by atoms with E-state index in [2.05, 4.69) is 12.2 Å². The van der Waals surface area contributed by atoms with Crippen LogP contribution in [0.5, 0.6) is 0 Å². The van der Waals surface area contributed by atoms with E-state index in [0.29, 0.717) is 6.04 Å². The molecule has 0 radical (unpaired) electrons. The fourth-order valence-corrected chi connectivity index (χ4v) is 0.984. The Kier molecular flexibility index (Phi) is 4.19. The highest BCUT2D eigenvalue weighted by molar-refractivity contribution is 5.85. The number of aliphatic hydroxyl groups is 1. The number of rotatable bonds is 0. The summed E-state index contributed by atoms with van der Waals surface area (Å²) in [7, 11) is 0. The maximum Gasteiger partial charge on any atom is 0.0665 e. The van der Waals surface area contributed by atoms with Gasteiger partial charge in [-0.2, -0.15) is 0 Å². The third kappa shape index (κ3) is 3.04. The van der Waals surface area contributed by atoms with Gasteiger partial charge in [0.1, 0.15) is 0 Å². The largest absolute Gasteiger partial charge is 0.392 e. The molecule has 0 aromatic carbocycles. The number of β-amino-alcohol motifs (C(OH)–C–C–N with tert-alkyl or cyclic N) is 1. The van der Waals surface area contributed by atoms with Crippen LogP contribution in [0.3, 0.4) is 0 Å². The summed E-state index contributed by atoms with van der Waals surface area (Å²) >= 11 is 0. The Hall–Kier alpha value is 0.210. The van der Waals surface area contributed by atoms with Gasteiger partial charge >= 0.3 is 0 Å². The van der Waals surface area contributed by atoms with Crippen LogP contribution in [0, 0.1) is 0 Å². The van der Waals surface area contributed by atoms with Gasteiger partial charge in [-0.1, -0.05) is 0 Å². The van der Waals surface area contributed by atoms with Crippen LogP contribution in [0.4, 0.5) is 0 Å². The van der Waals surface area contributed by atoms with Crippen molar-refractivity contribution in [3.63, 3.8) is 0 Å². The first-order chi connectivity index (χ1) is 3.79. The molecule has 0 saturated carbocycles. The van der Waals surface area contributed by atoms with E-state index in [1.54, 1.807) is 0 Å². The van der Waals surface area contributed by atoms with Gasteiger partial charge in [0.2, 0.25) is 0 Å². The van der Waals surface area contributed by atoms with Gasteiger partial charge in [-0.15, -0.1) is 12.4 Å². The Bertz CT molecular complexity index is 61.5. The zero-order chi connectivity index (χ0) is 5.98. The van der Waals surface area contributed by atoms with Gasteiger partial charge in [0.15, 0.2) is 0 Å². The molecule has 0 spiro atoms. The molecule has 56 valence electrons. The maximum absolute atomic E-state index is 8.96. The Balaban J connectivity index is 0.000000640. The summed E-state index contributed by atoms with van der Waals surface area (Å²) in [6, 6.07) is 0.610. The minimum Gasteiger partial charge on any atom is -0.392 e. The van der Waals surface area contributed by atoms with Crippen LogP contribution >= 0.6 is 12.4 Å². The van der Waals surface area contributed by atoms with Crippen LogP contribution in [0.25, 0.3) is 0 Å². The predicted molar refractivity (Wildman–Crippen MR) is 40.0 cm³/mol. The smallest absolute Gasteiger partial charge is 0.0665 e. The second kappa shape index (κ2) is 4.09. The van der Waals surface area contributed by atoms with E-state index in [1.807, 2.05) is 0 Å². The van der Waals surface area contributed by atoms with Crippen LogP contribution < -0.4 is 5.32 Å². The molecule has 0 bridgehead atoms. The van der Waals surface area contributed by atoms with Crippen molar-refractivity contribution in [1.82, 2.24) is 5.32 Å². The van der Waals surface area contributed by atoms with Gasteiger partial charge in [0.25, 0.3) is 0 Å². The van der Waals surface area contributed by atoms with Crippen LogP contribution in [0.1, 0.15) is 19.8 Å². The summed E-state index contributed by atoms with van der Waals surface area (Å²) in [5.74, 6) is 0. The number of aliphatic hydroxyl groups excluding tert-OH is 1. The van der Waals surface area contributed by atoms with Crippen molar-refractivity contribution in [3.05, 3.63) is 0 Å². The van der Waals surface area contributed by atoms with Gasteiger partial charge in [0, 0.05) is 12.6 Å². The summed E-state index contributed by atoms with van der Waals surface area (Å²) in [5, 5.41) is 12.1. The van der Waals surface area contributed by atoms with E-state index in [4.69, 9.17) is 5.11 Å². The first kappa shape index (κ1) is 9.21. The minimum absolute atomic E-state index is 0. The zero-order valence-corrected chi connectivity index (χ0v) is 6.45. The lowest BCUT2D eigenvalue weighted by Crippen LogP contribution is -2.39. The molecule has 1 heterocycles. The average molecular weight is 152 g/mol. The van der Waals surface area contributed by atoms with Crippen molar-refractivity contribution >= 4 is 12.4 Å². The highest BCUT2D eigenvalue weighted by Gasteiger charge is 2.13. The van der Waals surface area contributed by atoms with Crippen molar-refractivity contribution in [2.24, 2.45) is 0 Å². The molecule has 1 fully saturated rings. The SMILES string of the molecule is CC1CC[C@H](O)CN1.Cl. The summed E-state index contributed by atoms with van der Waals surface area (Å²) in [6.45, 7) is 2.92. The average Bonchev–Trinajstić information content (AvgIpc) is 1.77. The minimum atomic E-state index is -0.0915. The summed E-state index contributed by atoms with van der Waals surface area (Å²) in [6.07, 6.45) is 1.99. The normalized spacial score (nSPS) is 35.3. The van der Waals surface area contributed by atoms with Crippen molar-refractivity contribution in [3.8, 4) is 0 Å². The van der Waals surface area contributed by atoms with Gasteiger partial charge in [-0.25, -0.2) is 0 Å². The first-order valence-electron chi connectivity index (χ1n) is 3.20. The number of hydrogen-bond donors (Lipinski definition) is 2. The molecule has 1 aliphatic heterocycles. The highest BCUT2D eigenvalue weighted by Crippen LogP contribution is 2.05. The first-order valence-corrected chi connectivity index (χ1v) is 3.20. The lowest BCUT2D eigenvalue weighted by Gasteiger charge is -2.23. The van der Waals surface area contributed by atoms with E-state index in [9.17, 15) is 0 Å². The third-order valence-electron chi connectivity index (χ3n) is 1.63. The zero-order valence-electron chi connectivity index (χ0n) is 5.63. The maximum atomic E-state index is 8.96. The van der Waals surface area contributed by atoms with E-state index in [0.717, 1.165) is 19.4 Å². The standard InChI is InChI=1S/C6H13NO.ClH/c1-5-2-3-6(8)4-7-5;/h5-8H,2-4H2,1H3;1H/t5?,6-;/m0./s1. The Morgan fingerprint density at radius 1 is 1.44 bits per heavy atom. The number of nitrogens with one attached hydrogen (secondary N) is 1. The number of piperidine rings is 1. The lowest BCUT2D eigenvalue weighted by molar-refractivity contribution is 0.129. The monoisotopic (exact) mass is 151 g/mol. The summed E-state index contributed by atoms with van der Waals surface area (Å²) in [5.41, 5.74) is 0. The van der Waals surface area contributed by atoms with E-state index >= 15 is 0 Å². The molecule has 1 rings (SSSR count). The topological polar surface area (TPSA) is 32.3 Å². The molecule has 0 aromatic heterocycles. The molecule has 1 unspecified atom stereocenters. The quantitative estimate of drug-likeness (QED) is 0.530. The van der Waals surface area contributed by atoms with Crippen molar-refractivity contribution in [1.29, 1.82) is 0 Å². The molecule has 2 atom stereocenters. The molecule has 9 heavy (non-hydrogen) atoms.